The number of carboxylic acids is 1. The Bertz CT molecular complexity index is 768. The van der Waals surface area contributed by atoms with E-state index in [2.05, 4.69) is 11.2 Å². The lowest BCUT2D eigenvalue weighted by atomic mass is 10.1. The lowest BCUT2D eigenvalue weighted by Crippen LogP contribution is -2.04. The maximum Gasteiger partial charge on any atom is 0.356 e. The van der Waals surface area contributed by atoms with Crippen LogP contribution < -0.4 is 0 Å². The number of aromatic nitrogens is 2. The second-order valence-electron chi connectivity index (χ2n) is 5.39. The minimum atomic E-state index is -0.963. The summed E-state index contributed by atoms with van der Waals surface area (Å²) in [6.45, 7) is 0. The first kappa shape index (κ1) is 11.2. The summed E-state index contributed by atoms with van der Waals surface area (Å²) in [6.07, 6.45) is 1.96. The molecular formula is C15H11N3O2. The number of aromatic carboxylic acids is 1. The number of carboxylic acid groups (broad SMARTS) is 1. The molecule has 1 N–H and O–H groups in total. The van der Waals surface area contributed by atoms with Gasteiger partial charge in [0, 0.05) is 11.5 Å². The van der Waals surface area contributed by atoms with Gasteiger partial charge in [-0.25, -0.2) is 9.48 Å². The molecule has 2 aromatic rings. The molecule has 2 aliphatic carbocycles. The van der Waals surface area contributed by atoms with E-state index in [1.807, 2.05) is 12.1 Å². The molecule has 0 unspecified atom stereocenters. The molecule has 1 aromatic heterocycles. The molecule has 1 heterocycles. The summed E-state index contributed by atoms with van der Waals surface area (Å²) in [6, 6.07) is 9.15. The topological polar surface area (TPSA) is 78.9 Å². The van der Waals surface area contributed by atoms with Gasteiger partial charge in [0.15, 0.2) is 5.69 Å². The van der Waals surface area contributed by atoms with Crippen LogP contribution in [0.5, 0.6) is 0 Å². The lowest BCUT2D eigenvalue weighted by molar-refractivity contribution is 0.0688. The van der Waals surface area contributed by atoms with E-state index < -0.39 is 5.97 Å². The predicted octanol–water partition coefficient (Wildman–Crippen LogP) is 2.10. The molecule has 98 valence electrons. The third-order valence-corrected chi connectivity index (χ3v) is 4.21. The largest absolute Gasteiger partial charge is 0.476 e. The highest BCUT2D eigenvalue weighted by Gasteiger charge is 2.50. The average molecular weight is 265 g/mol. The molecule has 0 aliphatic heterocycles. The maximum absolute atomic E-state index is 11.3. The Kier molecular flexibility index (Phi) is 2.08. The van der Waals surface area contributed by atoms with Gasteiger partial charge in [0.1, 0.15) is 0 Å². The summed E-state index contributed by atoms with van der Waals surface area (Å²) < 4.78 is 1.75. The van der Waals surface area contributed by atoms with E-state index in [4.69, 9.17) is 5.26 Å². The second kappa shape index (κ2) is 3.70. The van der Waals surface area contributed by atoms with E-state index >= 15 is 0 Å². The highest BCUT2D eigenvalue weighted by molar-refractivity contribution is 5.88. The van der Waals surface area contributed by atoms with Crippen LogP contribution in [-0.2, 0) is 6.42 Å². The van der Waals surface area contributed by atoms with E-state index in [1.54, 1.807) is 16.8 Å². The van der Waals surface area contributed by atoms with E-state index in [-0.39, 0.29) is 5.69 Å². The van der Waals surface area contributed by atoms with Gasteiger partial charge in [-0.05, 0) is 43.0 Å². The molecule has 0 bridgehead atoms. The minimum absolute atomic E-state index is 0.177. The molecule has 20 heavy (non-hydrogen) atoms. The molecule has 5 nitrogen and oxygen atoms in total. The van der Waals surface area contributed by atoms with Crippen molar-refractivity contribution in [3.8, 4) is 11.8 Å². The summed E-state index contributed by atoms with van der Waals surface area (Å²) in [7, 11) is 0. The van der Waals surface area contributed by atoms with Gasteiger partial charge >= 0.3 is 5.97 Å². The predicted molar refractivity (Wildman–Crippen MR) is 69.8 cm³/mol. The van der Waals surface area contributed by atoms with Crippen molar-refractivity contribution in [2.45, 2.75) is 18.8 Å². The van der Waals surface area contributed by atoms with Gasteiger partial charge in [0.25, 0.3) is 0 Å². The number of hydrogen-bond donors (Lipinski definition) is 1. The summed E-state index contributed by atoms with van der Waals surface area (Å²) in [5.41, 5.74) is 3.53. The fourth-order valence-electron chi connectivity index (χ4n) is 3.16. The van der Waals surface area contributed by atoms with Crippen LogP contribution in [0.4, 0.5) is 0 Å². The number of carbonyl (C=O) groups is 1. The van der Waals surface area contributed by atoms with Gasteiger partial charge in [0.2, 0.25) is 0 Å². The van der Waals surface area contributed by atoms with Crippen molar-refractivity contribution in [3.63, 3.8) is 0 Å². The smallest absolute Gasteiger partial charge is 0.356 e. The second-order valence-corrected chi connectivity index (χ2v) is 5.39. The molecule has 1 saturated carbocycles. The first-order chi connectivity index (χ1) is 9.69. The van der Waals surface area contributed by atoms with Crippen molar-refractivity contribution < 1.29 is 9.90 Å². The van der Waals surface area contributed by atoms with Crippen molar-refractivity contribution in [1.82, 2.24) is 9.78 Å². The molecule has 4 rings (SSSR count). The number of nitrogens with zero attached hydrogens (tertiary/aromatic N) is 3. The molecular weight excluding hydrogens is 254 g/mol. The third-order valence-electron chi connectivity index (χ3n) is 4.21. The van der Waals surface area contributed by atoms with Crippen LogP contribution in [0.25, 0.3) is 5.69 Å². The van der Waals surface area contributed by atoms with Crippen LogP contribution in [0.1, 0.15) is 39.6 Å². The molecule has 5 heteroatoms. The molecule has 0 amide bonds. The van der Waals surface area contributed by atoms with Crippen molar-refractivity contribution >= 4 is 5.97 Å². The number of fused-ring (bicyclic) bond motifs is 3. The van der Waals surface area contributed by atoms with Crippen LogP contribution in [-0.4, -0.2) is 20.9 Å². The zero-order chi connectivity index (χ0) is 13.9. The Morgan fingerprint density at radius 2 is 2.15 bits per heavy atom. The summed E-state index contributed by atoms with van der Waals surface area (Å²) in [4.78, 5) is 11.3. The zero-order valence-corrected chi connectivity index (χ0v) is 10.6. The summed E-state index contributed by atoms with van der Waals surface area (Å²) >= 11 is 0. The van der Waals surface area contributed by atoms with Crippen LogP contribution in [0.2, 0.25) is 0 Å². The van der Waals surface area contributed by atoms with E-state index in [1.165, 1.54) is 0 Å². The van der Waals surface area contributed by atoms with Crippen molar-refractivity contribution in [2.75, 3.05) is 0 Å². The average Bonchev–Trinajstić information content (AvgIpc) is 2.95. The summed E-state index contributed by atoms with van der Waals surface area (Å²) in [5.74, 6) is 0.0990. The Balaban J connectivity index is 1.88. The fourth-order valence-corrected chi connectivity index (χ4v) is 3.16. The fraction of sp³-hybridized carbons (Fsp3) is 0.267. The van der Waals surface area contributed by atoms with E-state index in [0.29, 0.717) is 17.4 Å². The quantitative estimate of drug-likeness (QED) is 0.901. The first-order valence-electron chi connectivity index (χ1n) is 6.54. The highest BCUT2D eigenvalue weighted by atomic mass is 16.4. The van der Waals surface area contributed by atoms with Crippen LogP contribution in [0.3, 0.4) is 0 Å². The molecule has 0 spiro atoms. The Morgan fingerprint density at radius 1 is 1.40 bits per heavy atom. The van der Waals surface area contributed by atoms with Gasteiger partial charge in [-0.15, -0.1) is 0 Å². The highest BCUT2D eigenvalue weighted by Crippen LogP contribution is 2.57. The monoisotopic (exact) mass is 265 g/mol. The minimum Gasteiger partial charge on any atom is -0.476 e. The Labute approximate surface area is 115 Å². The van der Waals surface area contributed by atoms with Crippen molar-refractivity contribution in [3.05, 3.63) is 46.8 Å². The number of rotatable bonds is 2. The lowest BCUT2D eigenvalue weighted by Gasteiger charge is -2.06. The Morgan fingerprint density at radius 3 is 2.80 bits per heavy atom. The van der Waals surface area contributed by atoms with Gasteiger partial charge in [-0.1, -0.05) is 0 Å². The number of benzene rings is 1. The van der Waals surface area contributed by atoms with Crippen LogP contribution in [0, 0.1) is 17.2 Å². The van der Waals surface area contributed by atoms with Crippen LogP contribution in [0.15, 0.2) is 24.3 Å². The van der Waals surface area contributed by atoms with Gasteiger partial charge in [-0.3, -0.25) is 0 Å². The van der Waals surface area contributed by atoms with E-state index in [0.717, 1.165) is 29.8 Å². The molecule has 2 atom stereocenters. The van der Waals surface area contributed by atoms with E-state index in [9.17, 15) is 9.90 Å². The van der Waals surface area contributed by atoms with Gasteiger partial charge in [0.05, 0.1) is 23.0 Å². The van der Waals surface area contributed by atoms with Crippen molar-refractivity contribution in [1.29, 1.82) is 5.26 Å². The van der Waals surface area contributed by atoms with Gasteiger partial charge < -0.3 is 5.11 Å². The molecule has 1 fully saturated rings. The molecule has 0 saturated heterocycles. The molecule has 0 radical (unpaired) electrons. The summed E-state index contributed by atoms with van der Waals surface area (Å²) in [5, 5.41) is 22.4. The molecule has 2 aliphatic rings. The SMILES string of the molecule is N#Cc1ccc(-n2nc(C(=O)O)c3c2[C@@H]2C[C@@H]2C3)cc1. The normalized spacial score (nSPS) is 21.9. The third kappa shape index (κ3) is 1.42. The van der Waals surface area contributed by atoms with Crippen molar-refractivity contribution in [2.24, 2.45) is 5.92 Å². The molecule has 1 aromatic carbocycles. The zero-order valence-electron chi connectivity index (χ0n) is 10.6. The Hall–Kier alpha value is -2.61. The maximum atomic E-state index is 11.3. The standard InChI is InChI=1S/C15H11N3O2/c16-7-8-1-3-10(4-2-8)18-14-11-5-9(11)6-12(14)13(17-18)15(19)20/h1-4,9,11H,5-6H2,(H,19,20)/t9-,11-/m1/s1. The van der Waals surface area contributed by atoms with Crippen LogP contribution >= 0.6 is 0 Å². The number of nitriles is 1. The van der Waals surface area contributed by atoms with Gasteiger partial charge in [-0.2, -0.15) is 10.4 Å². The number of hydrogen-bond acceptors (Lipinski definition) is 3. The first-order valence-corrected chi connectivity index (χ1v) is 6.54.